The normalized spacial score (nSPS) is 10.9. The van der Waals surface area contributed by atoms with Gasteiger partial charge in [0.05, 0.1) is 0 Å². The van der Waals surface area contributed by atoms with Crippen LogP contribution in [0.4, 0.5) is 11.5 Å². The second kappa shape index (κ2) is 5.32. The highest BCUT2D eigenvalue weighted by Crippen LogP contribution is 2.19. The van der Waals surface area contributed by atoms with E-state index in [9.17, 15) is 4.79 Å². The summed E-state index contributed by atoms with van der Waals surface area (Å²) in [7, 11) is 0. The van der Waals surface area contributed by atoms with Gasteiger partial charge in [-0.3, -0.25) is 9.89 Å². The minimum absolute atomic E-state index is 0.223. The van der Waals surface area contributed by atoms with Gasteiger partial charge in [-0.25, -0.2) is 0 Å². The molecule has 21 heavy (non-hydrogen) atoms. The Morgan fingerprint density at radius 3 is 3.00 bits per heavy atom. The third kappa shape index (κ3) is 2.74. The molecule has 0 spiro atoms. The number of nitrogens with two attached hydrogens (primary N) is 1. The Balaban J connectivity index is 1.79. The van der Waals surface area contributed by atoms with Crippen molar-refractivity contribution in [2.45, 2.75) is 19.8 Å². The van der Waals surface area contributed by atoms with Crippen molar-refractivity contribution in [2.75, 3.05) is 11.1 Å². The maximum absolute atomic E-state index is 12.2. The highest BCUT2D eigenvalue weighted by Gasteiger charge is 2.11. The maximum Gasteiger partial charge on any atom is 0.273 e. The van der Waals surface area contributed by atoms with Gasteiger partial charge in [-0.05, 0) is 30.7 Å². The molecule has 0 fully saturated rings. The van der Waals surface area contributed by atoms with E-state index in [1.807, 2.05) is 18.2 Å². The molecule has 6 nitrogen and oxygen atoms in total. The molecule has 0 aliphatic heterocycles. The van der Waals surface area contributed by atoms with Crippen molar-refractivity contribution in [2.24, 2.45) is 0 Å². The Kier molecular flexibility index (Phi) is 3.35. The molecule has 1 aromatic carbocycles. The molecule has 1 amide bonds. The lowest BCUT2D eigenvalue weighted by molar-refractivity contribution is 0.102. The predicted octanol–water partition coefficient (Wildman–Crippen LogP) is 2.68. The topological polar surface area (TPSA) is 99.6 Å². The average Bonchev–Trinajstić information content (AvgIpc) is 3.05. The lowest BCUT2D eigenvalue weighted by Gasteiger charge is -1.98. The van der Waals surface area contributed by atoms with E-state index >= 15 is 0 Å². The lowest BCUT2D eigenvalue weighted by atomic mass is 10.2. The first kappa shape index (κ1) is 13.2. The number of hydrogen-bond acceptors (Lipinski definition) is 3. The van der Waals surface area contributed by atoms with Gasteiger partial charge in [0.2, 0.25) is 0 Å². The van der Waals surface area contributed by atoms with Crippen molar-refractivity contribution in [1.29, 1.82) is 0 Å². The third-order valence-electron chi connectivity index (χ3n) is 3.28. The number of amides is 1. The molecule has 3 aromatic rings. The first-order valence-corrected chi connectivity index (χ1v) is 6.89. The van der Waals surface area contributed by atoms with E-state index in [4.69, 9.17) is 5.73 Å². The van der Waals surface area contributed by atoms with Crippen molar-refractivity contribution in [3.8, 4) is 0 Å². The Morgan fingerprint density at radius 2 is 2.19 bits per heavy atom. The van der Waals surface area contributed by atoms with Gasteiger partial charge < -0.3 is 16.0 Å². The summed E-state index contributed by atoms with van der Waals surface area (Å²) in [4.78, 5) is 15.3. The number of nitrogen functional groups attached to an aromatic ring is 1. The summed E-state index contributed by atoms with van der Waals surface area (Å²) in [5.74, 6) is 0.306. The molecular formula is C15H17N5O. The van der Waals surface area contributed by atoms with Crippen molar-refractivity contribution in [1.82, 2.24) is 15.2 Å². The number of carbonyl (C=O) groups is 1. The number of fused-ring (bicyclic) bond motifs is 1. The van der Waals surface area contributed by atoms with Crippen LogP contribution in [0.3, 0.4) is 0 Å². The molecule has 2 heterocycles. The number of anilines is 2. The molecule has 108 valence electrons. The monoisotopic (exact) mass is 283 g/mol. The second-order valence-corrected chi connectivity index (χ2v) is 5.01. The van der Waals surface area contributed by atoms with Gasteiger partial charge in [0, 0.05) is 28.4 Å². The van der Waals surface area contributed by atoms with E-state index in [-0.39, 0.29) is 5.91 Å². The summed E-state index contributed by atoms with van der Waals surface area (Å²) in [6.45, 7) is 2.09. The number of H-pyrrole nitrogens is 2. The van der Waals surface area contributed by atoms with Crippen molar-refractivity contribution >= 4 is 28.3 Å². The van der Waals surface area contributed by atoms with Crippen LogP contribution in [0.15, 0.2) is 30.3 Å². The van der Waals surface area contributed by atoms with Crippen LogP contribution in [0.5, 0.6) is 0 Å². The Labute approximate surface area is 121 Å². The third-order valence-corrected chi connectivity index (χ3v) is 3.28. The fourth-order valence-electron chi connectivity index (χ4n) is 2.28. The number of aryl methyl sites for hydroxylation is 1. The fraction of sp³-hybridized carbons (Fsp3) is 0.200. The fourth-order valence-corrected chi connectivity index (χ4v) is 2.28. The van der Waals surface area contributed by atoms with E-state index in [1.165, 1.54) is 0 Å². The number of nitrogens with zero attached hydrogens (tertiary/aromatic N) is 1. The van der Waals surface area contributed by atoms with E-state index in [1.54, 1.807) is 12.1 Å². The van der Waals surface area contributed by atoms with Crippen LogP contribution < -0.4 is 11.1 Å². The number of carbonyl (C=O) groups excluding carboxylic acids is 1. The van der Waals surface area contributed by atoms with Crippen molar-refractivity contribution < 1.29 is 4.79 Å². The number of nitrogens with one attached hydrogen (secondary N) is 3. The van der Waals surface area contributed by atoms with Crippen LogP contribution in [-0.4, -0.2) is 21.1 Å². The highest BCUT2D eigenvalue weighted by atomic mass is 16.1. The molecule has 0 saturated heterocycles. The number of aromatic nitrogens is 3. The summed E-state index contributed by atoms with van der Waals surface area (Å²) >= 11 is 0. The molecular weight excluding hydrogens is 266 g/mol. The van der Waals surface area contributed by atoms with E-state index in [0.717, 1.165) is 29.4 Å². The molecule has 0 atom stereocenters. The number of aromatic amines is 2. The largest absolute Gasteiger partial charge is 0.399 e. The van der Waals surface area contributed by atoms with Crippen molar-refractivity contribution in [3.63, 3.8) is 0 Å². The van der Waals surface area contributed by atoms with Gasteiger partial charge in [0.25, 0.3) is 5.91 Å². The molecule has 2 aromatic heterocycles. The minimum atomic E-state index is -0.223. The Morgan fingerprint density at radius 1 is 1.33 bits per heavy atom. The van der Waals surface area contributed by atoms with Crippen LogP contribution in [0.25, 0.3) is 10.9 Å². The molecule has 3 rings (SSSR count). The van der Waals surface area contributed by atoms with Crippen molar-refractivity contribution in [3.05, 3.63) is 41.7 Å². The average molecular weight is 283 g/mol. The highest BCUT2D eigenvalue weighted by molar-refractivity contribution is 6.05. The molecule has 0 aliphatic rings. The van der Waals surface area contributed by atoms with Gasteiger partial charge in [-0.1, -0.05) is 13.3 Å². The molecule has 6 heteroatoms. The maximum atomic E-state index is 12.2. The summed E-state index contributed by atoms with van der Waals surface area (Å²) in [6.07, 6.45) is 1.94. The summed E-state index contributed by atoms with van der Waals surface area (Å²) in [5.41, 5.74) is 8.78. The zero-order valence-corrected chi connectivity index (χ0v) is 11.7. The summed E-state index contributed by atoms with van der Waals surface area (Å²) in [6, 6.07) is 9.11. The standard InChI is InChI=1S/C15H17N5O/c1-2-3-11-8-14(20-19-11)18-15(21)13-7-9-6-10(16)4-5-12(9)17-13/h4-8,17H,2-3,16H2,1H3,(H2,18,19,20,21). The molecule has 0 saturated carbocycles. The summed E-state index contributed by atoms with van der Waals surface area (Å²) < 4.78 is 0. The molecule has 0 radical (unpaired) electrons. The van der Waals surface area contributed by atoms with E-state index < -0.39 is 0 Å². The SMILES string of the molecule is CCCc1cc(NC(=O)c2cc3cc(N)ccc3[nH]2)n[nH]1. The Hall–Kier alpha value is -2.76. The second-order valence-electron chi connectivity index (χ2n) is 5.01. The zero-order valence-electron chi connectivity index (χ0n) is 11.7. The predicted molar refractivity (Wildman–Crippen MR) is 83.2 cm³/mol. The molecule has 5 N–H and O–H groups in total. The van der Waals surface area contributed by atoms with Crippen LogP contribution in [0.1, 0.15) is 29.5 Å². The number of hydrogen-bond donors (Lipinski definition) is 4. The first-order chi connectivity index (χ1) is 10.2. The molecule has 0 bridgehead atoms. The number of rotatable bonds is 4. The number of benzene rings is 1. The Bertz CT molecular complexity index is 786. The van der Waals surface area contributed by atoms with Gasteiger partial charge in [-0.2, -0.15) is 5.10 Å². The minimum Gasteiger partial charge on any atom is -0.399 e. The quantitative estimate of drug-likeness (QED) is 0.554. The lowest BCUT2D eigenvalue weighted by Crippen LogP contribution is -2.12. The van der Waals surface area contributed by atoms with E-state index in [2.05, 4.69) is 27.4 Å². The van der Waals surface area contributed by atoms with Gasteiger partial charge in [-0.15, -0.1) is 0 Å². The summed E-state index contributed by atoms with van der Waals surface area (Å²) in [5, 5.41) is 10.7. The first-order valence-electron chi connectivity index (χ1n) is 6.89. The molecule has 0 aliphatic carbocycles. The van der Waals surface area contributed by atoms with Crippen LogP contribution >= 0.6 is 0 Å². The van der Waals surface area contributed by atoms with E-state index in [0.29, 0.717) is 17.2 Å². The van der Waals surface area contributed by atoms with Crippen LogP contribution in [-0.2, 0) is 6.42 Å². The van der Waals surface area contributed by atoms with Gasteiger partial charge >= 0.3 is 0 Å². The van der Waals surface area contributed by atoms with Crippen LogP contribution in [0.2, 0.25) is 0 Å². The van der Waals surface area contributed by atoms with Gasteiger partial charge in [0.1, 0.15) is 5.69 Å². The molecule has 0 unspecified atom stereocenters. The van der Waals surface area contributed by atoms with Gasteiger partial charge in [0.15, 0.2) is 5.82 Å². The smallest absolute Gasteiger partial charge is 0.273 e. The van der Waals surface area contributed by atoms with Crippen LogP contribution in [0, 0.1) is 0 Å². The zero-order chi connectivity index (χ0) is 14.8.